The molecule has 0 saturated heterocycles. The number of benzene rings is 1. The number of ether oxygens (including phenoxy) is 2. The summed E-state index contributed by atoms with van der Waals surface area (Å²) < 4.78 is 10.5. The molecule has 0 fully saturated rings. The topological polar surface area (TPSA) is 38.8 Å². The Labute approximate surface area is 121 Å². The molecule has 0 saturated carbocycles. The van der Waals surface area contributed by atoms with Gasteiger partial charge in [0.15, 0.2) is 5.78 Å². The molecule has 1 rings (SSSR count). The minimum atomic E-state index is -0.498. The second-order valence-electron chi connectivity index (χ2n) is 5.03. The predicted molar refractivity (Wildman–Crippen MR) is 80.9 cm³/mol. The van der Waals surface area contributed by atoms with Crippen molar-refractivity contribution in [3.05, 3.63) is 23.8 Å². The predicted octanol–water partition coefficient (Wildman–Crippen LogP) is 3.01. The Bertz CT molecular complexity index is 465. The molecule has 4 heteroatoms. The highest BCUT2D eigenvalue weighted by Crippen LogP contribution is 2.32. The number of likely N-dealkylation sites (N-methyl/N-ethyl adjacent to an activating group) is 1. The maximum absolute atomic E-state index is 13.0. The molecule has 0 unspecified atom stereocenters. The molecule has 0 aliphatic rings. The molecular weight excluding hydrogens is 254 g/mol. The normalized spacial score (nSPS) is 11.6. The summed E-state index contributed by atoms with van der Waals surface area (Å²) in [7, 11) is 7.06. The third kappa shape index (κ3) is 2.80. The number of hydrogen-bond donors (Lipinski definition) is 0. The molecule has 20 heavy (non-hydrogen) atoms. The largest absolute Gasteiger partial charge is 0.497 e. The fraction of sp³-hybridized carbons (Fsp3) is 0.562. The first kappa shape index (κ1) is 16.5. The quantitative estimate of drug-likeness (QED) is 0.719. The summed E-state index contributed by atoms with van der Waals surface area (Å²) in [5.41, 5.74) is 0.104. The minimum absolute atomic E-state index is 0.0898. The first-order chi connectivity index (χ1) is 9.46. The van der Waals surface area contributed by atoms with Crippen LogP contribution in [-0.2, 0) is 0 Å². The van der Waals surface area contributed by atoms with E-state index in [0.29, 0.717) is 17.1 Å². The highest BCUT2D eigenvalue weighted by Gasteiger charge is 2.38. The van der Waals surface area contributed by atoms with Crippen LogP contribution < -0.4 is 9.47 Å². The average molecular weight is 279 g/mol. The van der Waals surface area contributed by atoms with Crippen molar-refractivity contribution in [2.75, 3.05) is 28.3 Å². The van der Waals surface area contributed by atoms with E-state index in [2.05, 4.69) is 0 Å². The van der Waals surface area contributed by atoms with Crippen LogP contribution in [0, 0.1) is 0 Å². The van der Waals surface area contributed by atoms with Crippen molar-refractivity contribution in [3.63, 3.8) is 0 Å². The molecule has 1 aromatic rings. The van der Waals surface area contributed by atoms with Gasteiger partial charge in [0.2, 0.25) is 0 Å². The summed E-state index contributed by atoms with van der Waals surface area (Å²) in [5.74, 6) is 1.33. The van der Waals surface area contributed by atoms with Gasteiger partial charge in [0.1, 0.15) is 11.5 Å². The molecule has 112 valence electrons. The average Bonchev–Trinajstić information content (AvgIpc) is 2.47. The fourth-order valence-electron chi connectivity index (χ4n) is 2.64. The number of methoxy groups -OCH3 is 2. The molecule has 0 heterocycles. The molecule has 0 aliphatic carbocycles. The second kappa shape index (κ2) is 6.75. The van der Waals surface area contributed by atoms with E-state index in [1.54, 1.807) is 32.4 Å². The number of hydrogen-bond acceptors (Lipinski definition) is 4. The van der Waals surface area contributed by atoms with Crippen LogP contribution in [0.2, 0.25) is 0 Å². The molecule has 0 spiro atoms. The number of carbonyl (C=O) groups excluding carboxylic acids is 1. The van der Waals surface area contributed by atoms with Gasteiger partial charge in [0.25, 0.3) is 0 Å². The number of ketones is 1. The molecule has 0 atom stereocenters. The van der Waals surface area contributed by atoms with Crippen molar-refractivity contribution in [2.24, 2.45) is 0 Å². The van der Waals surface area contributed by atoms with Crippen molar-refractivity contribution in [3.8, 4) is 11.5 Å². The first-order valence-corrected chi connectivity index (χ1v) is 6.91. The summed E-state index contributed by atoms with van der Waals surface area (Å²) in [4.78, 5) is 15.0. The van der Waals surface area contributed by atoms with Crippen LogP contribution in [-0.4, -0.2) is 44.5 Å². The molecule has 0 aliphatic heterocycles. The number of Topliss-reactive ketones (excluding diaryl/α,β-unsaturated/α-hetero) is 1. The molecule has 0 N–H and O–H groups in total. The zero-order chi connectivity index (χ0) is 15.3. The molecule has 0 amide bonds. The molecular formula is C16H25NO3. The van der Waals surface area contributed by atoms with Gasteiger partial charge in [-0.1, -0.05) is 13.8 Å². The lowest BCUT2D eigenvalue weighted by Gasteiger charge is -2.37. The van der Waals surface area contributed by atoms with Crippen molar-refractivity contribution in [1.82, 2.24) is 4.90 Å². The maximum atomic E-state index is 13.0. The van der Waals surface area contributed by atoms with Gasteiger partial charge in [0, 0.05) is 6.07 Å². The van der Waals surface area contributed by atoms with Crippen molar-refractivity contribution in [1.29, 1.82) is 0 Å². The number of carbonyl (C=O) groups is 1. The third-order valence-electron chi connectivity index (χ3n) is 4.10. The van der Waals surface area contributed by atoms with Gasteiger partial charge in [-0.25, -0.2) is 0 Å². The highest BCUT2D eigenvalue weighted by molar-refractivity contribution is 6.05. The van der Waals surface area contributed by atoms with Crippen LogP contribution in [0.1, 0.15) is 37.0 Å². The summed E-state index contributed by atoms with van der Waals surface area (Å²) in [6.07, 6.45) is 1.51. The lowest BCUT2D eigenvalue weighted by Crippen LogP contribution is -2.50. The van der Waals surface area contributed by atoms with Crippen molar-refractivity contribution >= 4 is 5.78 Å². The molecule has 0 radical (unpaired) electrons. The van der Waals surface area contributed by atoms with Gasteiger partial charge in [-0.3, -0.25) is 9.69 Å². The van der Waals surface area contributed by atoms with Gasteiger partial charge in [-0.15, -0.1) is 0 Å². The van der Waals surface area contributed by atoms with Crippen LogP contribution in [0.15, 0.2) is 18.2 Å². The van der Waals surface area contributed by atoms with Gasteiger partial charge in [-0.2, -0.15) is 0 Å². The van der Waals surface area contributed by atoms with Crippen LogP contribution >= 0.6 is 0 Å². The second-order valence-corrected chi connectivity index (χ2v) is 5.03. The van der Waals surface area contributed by atoms with Gasteiger partial charge >= 0.3 is 0 Å². The minimum Gasteiger partial charge on any atom is -0.497 e. The standard InChI is InChI=1S/C16H25NO3/c1-7-16(8-2,17(3)4)15(18)13-10-9-12(19-5)11-14(13)20-6/h9-11H,7-8H2,1-6H3. The van der Waals surface area contributed by atoms with E-state index in [0.717, 1.165) is 12.8 Å². The summed E-state index contributed by atoms with van der Waals surface area (Å²) >= 11 is 0. The van der Waals surface area contributed by atoms with Crippen LogP contribution in [0.4, 0.5) is 0 Å². The van der Waals surface area contributed by atoms with E-state index in [1.807, 2.05) is 32.8 Å². The number of nitrogens with zero attached hydrogens (tertiary/aromatic N) is 1. The van der Waals surface area contributed by atoms with E-state index in [1.165, 1.54) is 0 Å². The zero-order valence-corrected chi connectivity index (χ0v) is 13.3. The Hall–Kier alpha value is -1.55. The van der Waals surface area contributed by atoms with E-state index in [-0.39, 0.29) is 5.78 Å². The Morgan fingerprint density at radius 3 is 2.15 bits per heavy atom. The van der Waals surface area contributed by atoms with E-state index in [9.17, 15) is 4.79 Å². The first-order valence-electron chi connectivity index (χ1n) is 6.91. The molecule has 1 aromatic carbocycles. The Kier molecular flexibility index (Phi) is 5.57. The van der Waals surface area contributed by atoms with Crippen LogP contribution in [0.3, 0.4) is 0 Å². The summed E-state index contributed by atoms with van der Waals surface area (Å²) in [5, 5.41) is 0. The van der Waals surface area contributed by atoms with Crippen molar-refractivity contribution < 1.29 is 14.3 Å². The molecule has 0 bridgehead atoms. The molecule has 4 nitrogen and oxygen atoms in total. The fourth-order valence-corrected chi connectivity index (χ4v) is 2.64. The van der Waals surface area contributed by atoms with Crippen LogP contribution in [0.5, 0.6) is 11.5 Å². The SMILES string of the molecule is CCC(CC)(C(=O)c1ccc(OC)cc1OC)N(C)C. The maximum Gasteiger partial charge on any atom is 0.186 e. The summed E-state index contributed by atoms with van der Waals surface area (Å²) in [6.45, 7) is 4.08. The van der Waals surface area contributed by atoms with E-state index in [4.69, 9.17) is 9.47 Å². The zero-order valence-electron chi connectivity index (χ0n) is 13.3. The van der Waals surface area contributed by atoms with E-state index < -0.39 is 5.54 Å². The number of rotatable bonds is 7. The lowest BCUT2D eigenvalue weighted by molar-refractivity contribution is 0.0653. The highest BCUT2D eigenvalue weighted by atomic mass is 16.5. The Morgan fingerprint density at radius 2 is 1.75 bits per heavy atom. The van der Waals surface area contributed by atoms with Gasteiger partial charge < -0.3 is 9.47 Å². The Balaban J connectivity index is 3.32. The molecule has 0 aromatic heterocycles. The lowest BCUT2D eigenvalue weighted by atomic mass is 9.83. The monoisotopic (exact) mass is 279 g/mol. The smallest absolute Gasteiger partial charge is 0.186 e. The van der Waals surface area contributed by atoms with Crippen LogP contribution in [0.25, 0.3) is 0 Å². The third-order valence-corrected chi connectivity index (χ3v) is 4.10. The van der Waals surface area contributed by atoms with Gasteiger partial charge in [-0.05, 0) is 39.1 Å². The summed E-state index contributed by atoms with van der Waals surface area (Å²) in [6, 6.07) is 5.32. The van der Waals surface area contributed by atoms with Crippen molar-refractivity contribution in [2.45, 2.75) is 32.2 Å². The van der Waals surface area contributed by atoms with Gasteiger partial charge in [0.05, 0.1) is 25.3 Å². The Morgan fingerprint density at radius 1 is 1.15 bits per heavy atom. The van der Waals surface area contributed by atoms with E-state index >= 15 is 0 Å².